The van der Waals surface area contributed by atoms with E-state index in [4.69, 9.17) is 4.74 Å². The molecule has 0 aliphatic carbocycles. The maximum Gasteiger partial charge on any atom is 0.133 e. The Bertz CT molecular complexity index is 342. The monoisotopic (exact) mass is 349 g/mol. The highest BCUT2D eigenvalue weighted by Gasteiger charge is 2.06. The van der Waals surface area contributed by atoms with Crippen LogP contribution in [-0.2, 0) is 6.54 Å². The zero-order valence-corrected chi connectivity index (χ0v) is 13.0. The molecule has 4 heteroatoms. The summed E-state index contributed by atoms with van der Waals surface area (Å²) in [6.45, 7) is 4.13. The van der Waals surface area contributed by atoms with Gasteiger partial charge in [-0.2, -0.15) is 0 Å². The summed E-state index contributed by atoms with van der Waals surface area (Å²) in [5.41, 5.74) is 1.28. The van der Waals surface area contributed by atoms with E-state index in [-0.39, 0.29) is 0 Å². The fraction of sp³-hybridized carbons (Fsp3) is 0.500. The first kappa shape index (κ1) is 14.0. The average molecular weight is 351 g/mol. The molecule has 1 unspecified atom stereocenters. The molecule has 0 aliphatic rings. The van der Waals surface area contributed by atoms with Crippen LogP contribution in [-0.4, -0.2) is 30.4 Å². The zero-order chi connectivity index (χ0) is 12.1. The van der Waals surface area contributed by atoms with Crippen molar-refractivity contribution >= 4 is 31.9 Å². The molecule has 0 saturated heterocycles. The van der Waals surface area contributed by atoms with E-state index < -0.39 is 0 Å². The van der Waals surface area contributed by atoms with Crippen LogP contribution in [0.15, 0.2) is 22.7 Å². The fourth-order valence-electron chi connectivity index (χ4n) is 1.61. The second-order valence-corrected chi connectivity index (χ2v) is 6.36. The van der Waals surface area contributed by atoms with Crippen LogP contribution in [0.3, 0.4) is 0 Å². The van der Waals surface area contributed by atoms with Gasteiger partial charge in [0.15, 0.2) is 0 Å². The molecule has 16 heavy (non-hydrogen) atoms. The first-order valence-corrected chi connectivity index (χ1v) is 6.89. The van der Waals surface area contributed by atoms with Crippen molar-refractivity contribution in [3.05, 3.63) is 28.2 Å². The Morgan fingerprint density at radius 3 is 2.62 bits per heavy atom. The highest BCUT2D eigenvalue weighted by Crippen LogP contribution is 2.25. The van der Waals surface area contributed by atoms with E-state index in [0.29, 0.717) is 4.83 Å². The maximum atomic E-state index is 5.20. The lowest BCUT2D eigenvalue weighted by molar-refractivity contribution is 0.332. The van der Waals surface area contributed by atoms with Crippen LogP contribution in [0.4, 0.5) is 0 Å². The highest BCUT2D eigenvalue weighted by atomic mass is 79.9. The van der Waals surface area contributed by atoms with Crippen LogP contribution in [0.25, 0.3) is 0 Å². The summed E-state index contributed by atoms with van der Waals surface area (Å²) in [5, 5.41) is 0. The van der Waals surface area contributed by atoms with Crippen LogP contribution < -0.4 is 4.74 Å². The quantitative estimate of drug-likeness (QED) is 0.751. The number of alkyl halides is 1. The molecule has 0 fully saturated rings. The van der Waals surface area contributed by atoms with Gasteiger partial charge in [-0.1, -0.05) is 28.9 Å². The van der Waals surface area contributed by atoms with Crippen molar-refractivity contribution in [3.8, 4) is 5.75 Å². The van der Waals surface area contributed by atoms with Crippen molar-refractivity contribution in [2.45, 2.75) is 18.3 Å². The maximum absolute atomic E-state index is 5.20. The number of hydrogen-bond acceptors (Lipinski definition) is 2. The molecule has 0 aliphatic heterocycles. The molecule has 0 amide bonds. The predicted octanol–water partition coefficient (Wildman–Crippen LogP) is 3.67. The predicted molar refractivity (Wildman–Crippen MR) is 75.4 cm³/mol. The number of rotatable bonds is 5. The van der Waals surface area contributed by atoms with Crippen molar-refractivity contribution < 1.29 is 4.74 Å². The van der Waals surface area contributed by atoms with Crippen LogP contribution in [0.1, 0.15) is 12.5 Å². The van der Waals surface area contributed by atoms with Gasteiger partial charge in [0.2, 0.25) is 0 Å². The van der Waals surface area contributed by atoms with Gasteiger partial charge in [0.1, 0.15) is 5.75 Å². The summed E-state index contributed by atoms with van der Waals surface area (Å²) in [6, 6.07) is 6.19. The lowest BCUT2D eigenvalue weighted by Crippen LogP contribution is -2.23. The van der Waals surface area contributed by atoms with Crippen LogP contribution in [0.5, 0.6) is 5.75 Å². The van der Waals surface area contributed by atoms with E-state index >= 15 is 0 Å². The normalized spacial score (nSPS) is 12.9. The minimum atomic E-state index is 0.513. The lowest BCUT2D eigenvalue weighted by atomic mass is 10.2. The van der Waals surface area contributed by atoms with Crippen molar-refractivity contribution in [3.63, 3.8) is 0 Å². The molecule has 0 spiro atoms. The molecule has 1 atom stereocenters. The third-order valence-electron chi connectivity index (χ3n) is 2.23. The van der Waals surface area contributed by atoms with Crippen molar-refractivity contribution in [2.24, 2.45) is 0 Å². The molecule has 0 aromatic heterocycles. The van der Waals surface area contributed by atoms with E-state index in [1.807, 2.05) is 6.07 Å². The first-order chi connectivity index (χ1) is 7.52. The Hall–Kier alpha value is -0.0600. The number of benzene rings is 1. The Morgan fingerprint density at radius 1 is 1.44 bits per heavy atom. The second-order valence-electron chi connectivity index (χ2n) is 3.95. The molecule has 1 aromatic rings. The molecule has 0 bridgehead atoms. The Kier molecular flexibility index (Phi) is 5.79. The fourth-order valence-corrected chi connectivity index (χ4v) is 2.70. The van der Waals surface area contributed by atoms with Gasteiger partial charge in [-0.25, -0.2) is 0 Å². The lowest BCUT2D eigenvalue weighted by Gasteiger charge is -2.18. The number of methoxy groups -OCH3 is 1. The van der Waals surface area contributed by atoms with Gasteiger partial charge >= 0.3 is 0 Å². The van der Waals surface area contributed by atoms with Gasteiger partial charge in [0.05, 0.1) is 11.6 Å². The Balaban J connectivity index is 2.64. The van der Waals surface area contributed by atoms with Gasteiger partial charge in [-0.05, 0) is 40.7 Å². The summed E-state index contributed by atoms with van der Waals surface area (Å²) < 4.78 is 6.21. The van der Waals surface area contributed by atoms with Crippen molar-refractivity contribution in [1.82, 2.24) is 4.90 Å². The van der Waals surface area contributed by atoms with Gasteiger partial charge in [-0.3, -0.25) is 0 Å². The molecule has 90 valence electrons. The van der Waals surface area contributed by atoms with Crippen molar-refractivity contribution in [2.75, 3.05) is 20.7 Å². The largest absolute Gasteiger partial charge is 0.496 e. The molecular weight excluding hydrogens is 334 g/mol. The summed E-state index contributed by atoms with van der Waals surface area (Å²) in [5.74, 6) is 0.875. The zero-order valence-electron chi connectivity index (χ0n) is 9.84. The molecular formula is C12H17Br2NO. The molecule has 0 radical (unpaired) electrons. The Labute approximate surface area is 114 Å². The molecule has 2 nitrogen and oxygen atoms in total. The average Bonchev–Trinajstić information content (AvgIpc) is 2.16. The van der Waals surface area contributed by atoms with E-state index in [1.54, 1.807) is 7.11 Å². The van der Waals surface area contributed by atoms with Crippen LogP contribution >= 0.6 is 31.9 Å². The van der Waals surface area contributed by atoms with E-state index in [9.17, 15) is 0 Å². The van der Waals surface area contributed by atoms with E-state index in [1.165, 1.54) is 5.56 Å². The third kappa shape index (κ3) is 4.44. The molecule has 0 heterocycles. The van der Waals surface area contributed by atoms with Gasteiger partial charge in [-0.15, -0.1) is 0 Å². The molecule has 0 saturated carbocycles. The SMILES string of the molecule is COc1ccc(CN(C)CC(C)Br)cc1Br. The summed E-state index contributed by atoms with van der Waals surface area (Å²) >= 11 is 7.05. The molecule has 0 N–H and O–H groups in total. The number of hydrogen-bond donors (Lipinski definition) is 0. The molecule has 1 rings (SSSR count). The van der Waals surface area contributed by atoms with E-state index in [2.05, 4.69) is 62.9 Å². The number of halogens is 2. The van der Waals surface area contributed by atoms with Crippen LogP contribution in [0, 0.1) is 0 Å². The first-order valence-electron chi connectivity index (χ1n) is 5.18. The second kappa shape index (κ2) is 6.62. The minimum absolute atomic E-state index is 0.513. The topological polar surface area (TPSA) is 12.5 Å². The summed E-state index contributed by atoms with van der Waals surface area (Å²) in [4.78, 5) is 2.80. The third-order valence-corrected chi connectivity index (χ3v) is 3.14. The van der Waals surface area contributed by atoms with E-state index in [0.717, 1.165) is 23.3 Å². The molecule has 1 aromatic carbocycles. The van der Waals surface area contributed by atoms with Gasteiger partial charge < -0.3 is 9.64 Å². The van der Waals surface area contributed by atoms with Gasteiger partial charge in [0, 0.05) is 17.9 Å². The summed E-state index contributed by atoms with van der Waals surface area (Å²) in [6.07, 6.45) is 0. The Morgan fingerprint density at radius 2 is 2.12 bits per heavy atom. The number of ether oxygens (including phenoxy) is 1. The highest BCUT2D eigenvalue weighted by molar-refractivity contribution is 9.10. The van der Waals surface area contributed by atoms with Gasteiger partial charge in [0.25, 0.3) is 0 Å². The van der Waals surface area contributed by atoms with Crippen molar-refractivity contribution in [1.29, 1.82) is 0 Å². The smallest absolute Gasteiger partial charge is 0.133 e. The standard InChI is InChI=1S/C12H17Br2NO/c1-9(13)7-15(2)8-10-4-5-12(16-3)11(14)6-10/h4-6,9H,7-8H2,1-3H3. The minimum Gasteiger partial charge on any atom is -0.496 e. The van der Waals surface area contributed by atoms with Crippen LogP contribution in [0.2, 0.25) is 0 Å². The number of nitrogens with zero attached hydrogens (tertiary/aromatic N) is 1. The summed E-state index contributed by atoms with van der Waals surface area (Å²) in [7, 11) is 3.80.